The molecule has 0 amide bonds. The van der Waals surface area contributed by atoms with Crippen molar-refractivity contribution in [2.24, 2.45) is 11.8 Å². The van der Waals surface area contributed by atoms with Gasteiger partial charge in [-0.05, 0) is 37.7 Å². The van der Waals surface area contributed by atoms with Gasteiger partial charge in [-0.3, -0.25) is 0 Å². The third-order valence-electron chi connectivity index (χ3n) is 5.63. The predicted octanol–water partition coefficient (Wildman–Crippen LogP) is 3.89. The lowest BCUT2D eigenvalue weighted by molar-refractivity contribution is -0.137. The van der Waals surface area contributed by atoms with Gasteiger partial charge in [-0.15, -0.1) is 5.10 Å². The average Bonchev–Trinajstić information content (AvgIpc) is 3.31. The van der Waals surface area contributed by atoms with E-state index >= 15 is 0 Å². The van der Waals surface area contributed by atoms with Gasteiger partial charge in [0.1, 0.15) is 5.82 Å². The largest absolute Gasteiger partial charge is 0.417 e. The Balaban J connectivity index is 1.37. The normalized spacial score (nSPS) is 24.4. The standard InChI is InChI=1S/C17H17ClF3N7S/c1-8-22-16(29-26-8)27-5-9-2-3-10(6-27)13(9)23-15-24-14-12(18)4-11(17(19,20)21)7-28(14)25-15/h4,7,9-10,13H,2-3,5-6H2,1H3,(H,23,25)/t9-,10+,13?. The van der Waals surface area contributed by atoms with E-state index < -0.39 is 11.7 Å². The lowest BCUT2D eigenvalue weighted by Gasteiger charge is -2.37. The molecule has 2 fully saturated rings. The van der Waals surface area contributed by atoms with Crippen LogP contribution < -0.4 is 10.2 Å². The van der Waals surface area contributed by atoms with E-state index in [9.17, 15) is 13.2 Å². The first-order valence-corrected chi connectivity index (χ1v) is 10.4. The van der Waals surface area contributed by atoms with Crippen LogP contribution >= 0.6 is 23.1 Å². The molecule has 1 unspecified atom stereocenters. The molecule has 29 heavy (non-hydrogen) atoms. The summed E-state index contributed by atoms with van der Waals surface area (Å²) >= 11 is 7.42. The molecule has 0 aromatic carbocycles. The third-order valence-corrected chi connectivity index (χ3v) is 6.78. The zero-order valence-electron chi connectivity index (χ0n) is 15.3. The second-order valence-corrected chi connectivity index (χ2v) is 8.71. The quantitative estimate of drug-likeness (QED) is 0.662. The number of piperidine rings is 1. The molecule has 154 valence electrons. The SMILES string of the molecule is Cc1nsc(N2C[C@H]3CC[C@@H](C2)C3Nc2nc3c(Cl)cc(C(F)(F)F)cn3n2)n1. The van der Waals surface area contributed by atoms with Crippen molar-refractivity contribution in [2.75, 3.05) is 23.3 Å². The number of nitrogens with zero attached hydrogens (tertiary/aromatic N) is 6. The molecule has 2 bridgehead atoms. The fourth-order valence-corrected chi connectivity index (χ4v) is 5.28. The highest BCUT2D eigenvalue weighted by molar-refractivity contribution is 7.09. The minimum absolute atomic E-state index is 0.0789. The Hall–Kier alpha value is -2.14. The fourth-order valence-electron chi connectivity index (χ4n) is 4.34. The molecular weight excluding hydrogens is 427 g/mol. The molecule has 3 aromatic rings. The maximum absolute atomic E-state index is 13.0. The Morgan fingerprint density at radius 2 is 1.93 bits per heavy atom. The molecule has 0 radical (unpaired) electrons. The number of rotatable bonds is 3. The highest BCUT2D eigenvalue weighted by atomic mass is 35.5. The van der Waals surface area contributed by atoms with Crippen molar-refractivity contribution >= 4 is 39.9 Å². The number of fused-ring (bicyclic) bond motifs is 3. The van der Waals surface area contributed by atoms with Crippen LogP contribution in [0, 0.1) is 18.8 Å². The summed E-state index contributed by atoms with van der Waals surface area (Å²) < 4.78 is 44.4. The van der Waals surface area contributed by atoms with E-state index in [4.69, 9.17) is 11.6 Å². The number of nitrogens with one attached hydrogen (secondary N) is 1. The molecule has 4 heterocycles. The maximum Gasteiger partial charge on any atom is 0.417 e. The summed E-state index contributed by atoms with van der Waals surface area (Å²) in [6, 6.07) is 1.04. The van der Waals surface area contributed by atoms with Crippen molar-refractivity contribution in [1.29, 1.82) is 0 Å². The molecule has 1 saturated heterocycles. The van der Waals surface area contributed by atoms with Crippen molar-refractivity contribution in [3.8, 4) is 0 Å². The van der Waals surface area contributed by atoms with Gasteiger partial charge in [0, 0.05) is 36.9 Å². The number of halogens is 4. The Morgan fingerprint density at radius 3 is 2.55 bits per heavy atom. The van der Waals surface area contributed by atoms with Crippen molar-refractivity contribution in [1.82, 2.24) is 24.0 Å². The van der Waals surface area contributed by atoms with Gasteiger partial charge in [0.25, 0.3) is 0 Å². The van der Waals surface area contributed by atoms with Crippen LogP contribution in [-0.2, 0) is 6.18 Å². The Labute approximate surface area is 173 Å². The zero-order chi connectivity index (χ0) is 20.3. The molecule has 12 heteroatoms. The molecule has 2 aliphatic rings. The topological polar surface area (TPSA) is 71.2 Å². The van der Waals surface area contributed by atoms with Crippen LogP contribution in [0.5, 0.6) is 0 Å². The van der Waals surface area contributed by atoms with Gasteiger partial charge in [-0.25, -0.2) is 9.50 Å². The van der Waals surface area contributed by atoms with Gasteiger partial charge in [-0.1, -0.05) is 11.6 Å². The first-order valence-electron chi connectivity index (χ1n) is 9.23. The summed E-state index contributed by atoms with van der Waals surface area (Å²) in [6.45, 7) is 3.59. The van der Waals surface area contributed by atoms with Crippen molar-refractivity contribution in [3.05, 3.63) is 28.7 Å². The maximum atomic E-state index is 13.0. The van der Waals surface area contributed by atoms with E-state index in [0.29, 0.717) is 17.8 Å². The lowest BCUT2D eigenvalue weighted by atomic mass is 9.92. The first-order chi connectivity index (χ1) is 13.8. The summed E-state index contributed by atoms with van der Waals surface area (Å²) in [7, 11) is 0. The van der Waals surface area contributed by atoms with Crippen molar-refractivity contribution < 1.29 is 13.2 Å². The fraction of sp³-hybridized carbons (Fsp3) is 0.529. The first kappa shape index (κ1) is 18.9. The monoisotopic (exact) mass is 443 g/mol. The van der Waals surface area contributed by atoms with Gasteiger partial charge in [0.05, 0.1) is 10.6 Å². The van der Waals surface area contributed by atoms with Crippen molar-refractivity contribution in [2.45, 2.75) is 32.0 Å². The van der Waals surface area contributed by atoms with Crippen LogP contribution in [-0.4, -0.2) is 43.1 Å². The molecular formula is C17H17ClF3N7S. The van der Waals surface area contributed by atoms with Crippen molar-refractivity contribution in [3.63, 3.8) is 0 Å². The van der Waals surface area contributed by atoms with Gasteiger partial charge >= 0.3 is 6.18 Å². The summed E-state index contributed by atoms with van der Waals surface area (Å²) in [5, 5.41) is 8.41. The highest BCUT2D eigenvalue weighted by Crippen LogP contribution is 2.40. The molecule has 1 aliphatic heterocycles. The number of aromatic nitrogens is 5. The average molecular weight is 444 g/mol. The Kier molecular flexibility index (Phi) is 4.35. The molecule has 1 N–H and O–H groups in total. The second kappa shape index (κ2) is 6.69. The number of pyridine rings is 1. The minimum atomic E-state index is -4.49. The molecule has 1 saturated carbocycles. The molecule has 3 aromatic heterocycles. The summed E-state index contributed by atoms with van der Waals surface area (Å²) in [5.41, 5.74) is -0.650. The van der Waals surface area contributed by atoms with Gasteiger partial charge in [0.15, 0.2) is 5.65 Å². The third kappa shape index (κ3) is 3.39. The Morgan fingerprint density at radius 1 is 1.21 bits per heavy atom. The molecule has 1 aliphatic carbocycles. The molecule has 0 spiro atoms. The number of aryl methyl sites for hydroxylation is 1. The predicted molar refractivity (Wildman–Crippen MR) is 103 cm³/mol. The smallest absolute Gasteiger partial charge is 0.349 e. The number of alkyl halides is 3. The molecule has 5 rings (SSSR count). The van der Waals surface area contributed by atoms with Crippen LogP contribution in [0.4, 0.5) is 24.3 Å². The number of hydrogen-bond donors (Lipinski definition) is 1. The highest BCUT2D eigenvalue weighted by Gasteiger charge is 2.43. The summed E-state index contributed by atoms with van der Waals surface area (Å²) in [5.74, 6) is 1.84. The van der Waals surface area contributed by atoms with E-state index in [1.807, 2.05) is 6.92 Å². The van der Waals surface area contributed by atoms with Crippen LogP contribution in [0.25, 0.3) is 5.65 Å². The number of hydrogen-bond acceptors (Lipinski definition) is 7. The molecule has 3 atom stereocenters. The van der Waals surface area contributed by atoms with E-state index in [0.717, 1.165) is 53.7 Å². The van der Waals surface area contributed by atoms with Crippen LogP contribution in [0.1, 0.15) is 24.2 Å². The second-order valence-electron chi connectivity index (χ2n) is 7.57. The summed E-state index contributed by atoms with van der Waals surface area (Å²) in [4.78, 5) is 11.1. The van der Waals surface area contributed by atoms with Gasteiger partial charge in [0.2, 0.25) is 11.1 Å². The Bertz CT molecular complexity index is 1050. The van der Waals surface area contributed by atoms with E-state index in [-0.39, 0.29) is 16.7 Å². The molecule has 7 nitrogen and oxygen atoms in total. The zero-order valence-corrected chi connectivity index (χ0v) is 16.9. The van der Waals surface area contributed by atoms with Gasteiger partial charge in [-0.2, -0.15) is 22.5 Å². The van der Waals surface area contributed by atoms with E-state index in [1.165, 1.54) is 11.5 Å². The van der Waals surface area contributed by atoms with Gasteiger partial charge < -0.3 is 10.2 Å². The van der Waals surface area contributed by atoms with Crippen LogP contribution in [0.3, 0.4) is 0 Å². The van der Waals surface area contributed by atoms with Crippen LogP contribution in [0.2, 0.25) is 5.02 Å². The van der Waals surface area contributed by atoms with Crippen LogP contribution in [0.15, 0.2) is 12.3 Å². The lowest BCUT2D eigenvalue weighted by Crippen LogP contribution is -2.48. The summed E-state index contributed by atoms with van der Waals surface area (Å²) in [6.07, 6.45) is -1.44. The minimum Gasteiger partial charge on any atom is -0.349 e. The number of anilines is 2. The van der Waals surface area contributed by atoms with E-state index in [2.05, 4.69) is 29.7 Å². The van der Waals surface area contributed by atoms with E-state index in [1.54, 1.807) is 0 Å².